The summed E-state index contributed by atoms with van der Waals surface area (Å²) < 4.78 is 22.8. The molecule has 150 valence electrons. The Kier molecular flexibility index (Phi) is 8.38. The van der Waals surface area contributed by atoms with Gasteiger partial charge in [-0.15, -0.1) is 0 Å². The van der Waals surface area contributed by atoms with Crippen LogP contribution in [-0.2, 0) is 24.2 Å². The van der Waals surface area contributed by atoms with E-state index in [1.807, 2.05) is 38.1 Å². The number of sulfone groups is 1. The fraction of sp³-hybridized carbons (Fsp3) is 0.471. The monoisotopic (exact) mass is 400 g/mol. The van der Waals surface area contributed by atoms with E-state index < -0.39 is 21.8 Å². The predicted octanol–water partition coefficient (Wildman–Crippen LogP) is 0.644. The van der Waals surface area contributed by atoms with Gasteiger partial charge in [-0.3, -0.25) is 4.79 Å². The van der Waals surface area contributed by atoms with Gasteiger partial charge in [0, 0.05) is 24.2 Å². The number of hydrogen-bond donors (Lipinski definition) is 4. The van der Waals surface area contributed by atoms with E-state index in [1.54, 1.807) is 0 Å². The van der Waals surface area contributed by atoms with Gasteiger partial charge < -0.3 is 20.8 Å². The summed E-state index contributed by atoms with van der Waals surface area (Å²) in [6.07, 6.45) is 0.955. The zero-order chi connectivity index (χ0) is 20.6. The van der Waals surface area contributed by atoms with Crippen LogP contribution >= 0.6 is 0 Å². The van der Waals surface area contributed by atoms with E-state index >= 15 is 0 Å². The van der Waals surface area contributed by atoms with Gasteiger partial charge in [0.1, 0.15) is 0 Å². The summed E-state index contributed by atoms with van der Waals surface area (Å²) in [5, 5.41) is 20.8. The standard InChI is InChI=1S/C15H22N2O3S.C2H2O4/c1-11-3-5-13(6-4-11)17-15(18)9-12(2)16-14-7-8-21(19,20)10-14;3-1(4)2(5)6/h3-6,12,14,16H,7-10H2,1-2H3,(H,17,18);(H,3,4)(H,5,6). The summed E-state index contributed by atoms with van der Waals surface area (Å²) in [7, 11) is -2.89. The maximum absolute atomic E-state index is 11.9. The van der Waals surface area contributed by atoms with Crippen molar-refractivity contribution in [3.05, 3.63) is 29.8 Å². The van der Waals surface area contributed by atoms with Crippen molar-refractivity contribution in [1.29, 1.82) is 0 Å². The topological polar surface area (TPSA) is 150 Å². The van der Waals surface area contributed by atoms with Gasteiger partial charge in [0.15, 0.2) is 9.84 Å². The first-order chi connectivity index (χ1) is 12.5. The largest absolute Gasteiger partial charge is 0.473 e. The average molecular weight is 400 g/mol. The van der Waals surface area contributed by atoms with Gasteiger partial charge in [-0.05, 0) is 32.4 Å². The lowest BCUT2D eigenvalue weighted by Crippen LogP contribution is -2.39. The first-order valence-electron chi connectivity index (χ1n) is 8.27. The summed E-state index contributed by atoms with van der Waals surface area (Å²) in [4.78, 5) is 30.1. The number of benzene rings is 1. The molecule has 0 radical (unpaired) electrons. The van der Waals surface area contributed by atoms with Gasteiger partial charge in [-0.1, -0.05) is 17.7 Å². The molecule has 1 fully saturated rings. The molecule has 1 aromatic rings. The SMILES string of the molecule is Cc1ccc(NC(=O)CC(C)NC2CCS(=O)(=O)C2)cc1.O=C(O)C(=O)O. The number of carboxylic acid groups (broad SMARTS) is 2. The number of amides is 1. The first kappa shape index (κ1) is 22.6. The Morgan fingerprint density at radius 2 is 1.70 bits per heavy atom. The van der Waals surface area contributed by atoms with E-state index in [0.29, 0.717) is 12.8 Å². The van der Waals surface area contributed by atoms with Crippen molar-refractivity contribution in [3.8, 4) is 0 Å². The Morgan fingerprint density at radius 1 is 1.15 bits per heavy atom. The molecule has 27 heavy (non-hydrogen) atoms. The van der Waals surface area contributed by atoms with E-state index in [1.165, 1.54) is 0 Å². The molecule has 2 atom stereocenters. The lowest BCUT2D eigenvalue weighted by atomic mass is 10.1. The molecule has 4 N–H and O–H groups in total. The molecule has 10 heteroatoms. The minimum atomic E-state index is -2.89. The van der Waals surface area contributed by atoms with Gasteiger partial charge in [-0.25, -0.2) is 18.0 Å². The molecule has 1 heterocycles. The van der Waals surface area contributed by atoms with Crippen LogP contribution in [0.4, 0.5) is 5.69 Å². The summed E-state index contributed by atoms with van der Waals surface area (Å²) in [5.41, 5.74) is 1.92. The zero-order valence-electron chi connectivity index (χ0n) is 15.1. The molecule has 1 aromatic carbocycles. The van der Waals surface area contributed by atoms with Crippen molar-refractivity contribution in [2.24, 2.45) is 0 Å². The Morgan fingerprint density at radius 3 is 2.15 bits per heavy atom. The number of nitrogens with one attached hydrogen (secondary N) is 2. The molecule has 2 rings (SSSR count). The molecule has 2 unspecified atom stereocenters. The number of anilines is 1. The summed E-state index contributed by atoms with van der Waals surface area (Å²) in [6, 6.07) is 7.55. The third-order valence-corrected chi connectivity index (χ3v) is 5.53. The maximum atomic E-state index is 11.9. The minimum Gasteiger partial charge on any atom is -0.473 e. The molecule has 0 saturated carbocycles. The predicted molar refractivity (Wildman–Crippen MR) is 99.4 cm³/mol. The molecule has 0 bridgehead atoms. The van der Waals surface area contributed by atoms with Crippen molar-refractivity contribution in [3.63, 3.8) is 0 Å². The van der Waals surface area contributed by atoms with Crippen LogP contribution in [0.2, 0.25) is 0 Å². The molecule has 1 aliphatic heterocycles. The van der Waals surface area contributed by atoms with Crippen LogP contribution in [-0.4, -0.2) is 60.1 Å². The highest BCUT2D eigenvalue weighted by Gasteiger charge is 2.28. The van der Waals surface area contributed by atoms with Crippen LogP contribution in [0.25, 0.3) is 0 Å². The highest BCUT2D eigenvalue weighted by Crippen LogP contribution is 2.13. The third kappa shape index (κ3) is 9.15. The van der Waals surface area contributed by atoms with E-state index in [4.69, 9.17) is 19.8 Å². The van der Waals surface area contributed by atoms with Crippen molar-refractivity contribution < 1.29 is 33.0 Å². The van der Waals surface area contributed by atoms with Crippen molar-refractivity contribution in [2.45, 2.75) is 38.8 Å². The second-order valence-electron chi connectivity index (χ2n) is 6.40. The van der Waals surface area contributed by atoms with Crippen LogP contribution < -0.4 is 10.6 Å². The second-order valence-corrected chi connectivity index (χ2v) is 8.63. The van der Waals surface area contributed by atoms with Gasteiger partial charge in [0.05, 0.1) is 11.5 Å². The molecule has 1 saturated heterocycles. The Hall–Kier alpha value is -2.46. The van der Waals surface area contributed by atoms with Crippen molar-refractivity contribution >= 4 is 33.4 Å². The van der Waals surface area contributed by atoms with E-state index in [0.717, 1.165) is 11.3 Å². The maximum Gasteiger partial charge on any atom is 0.414 e. The van der Waals surface area contributed by atoms with E-state index in [9.17, 15) is 13.2 Å². The highest BCUT2D eigenvalue weighted by molar-refractivity contribution is 7.91. The fourth-order valence-corrected chi connectivity index (χ4v) is 4.20. The van der Waals surface area contributed by atoms with Crippen molar-refractivity contribution in [1.82, 2.24) is 5.32 Å². The highest BCUT2D eigenvalue weighted by atomic mass is 32.2. The molecule has 1 amide bonds. The molecule has 1 aliphatic rings. The molecule has 0 aliphatic carbocycles. The quantitative estimate of drug-likeness (QED) is 0.526. The van der Waals surface area contributed by atoms with Crippen LogP contribution in [0.5, 0.6) is 0 Å². The average Bonchev–Trinajstić information content (AvgIpc) is 2.88. The fourth-order valence-electron chi connectivity index (χ4n) is 2.51. The summed E-state index contributed by atoms with van der Waals surface area (Å²) >= 11 is 0. The lowest BCUT2D eigenvalue weighted by molar-refractivity contribution is -0.159. The number of carbonyl (C=O) groups excluding carboxylic acids is 1. The van der Waals surface area contributed by atoms with Gasteiger partial charge in [0.2, 0.25) is 5.91 Å². The van der Waals surface area contributed by atoms with Crippen LogP contribution in [0.3, 0.4) is 0 Å². The number of aliphatic carboxylic acids is 2. The molecular formula is C17H24N2O7S. The molecular weight excluding hydrogens is 376 g/mol. The lowest BCUT2D eigenvalue weighted by Gasteiger charge is -2.18. The summed E-state index contributed by atoms with van der Waals surface area (Å²) in [6.45, 7) is 3.90. The molecule has 9 nitrogen and oxygen atoms in total. The normalized spacial score (nSPS) is 18.7. The third-order valence-electron chi connectivity index (χ3n) is 3.76. The van der Waals surface area contributed by atoms with Crippen LogP contribution in [0.1, 0.15) is 25.3 Å². The number of carboxylic acids is 2. The van der Waals surface area contributed by atoms with Gasteiger partial charge in [-0.2, -0.15) is 0 Å². The second kappa shape index (κ2) is 10.0. The van der Waals surface area contributed by atoms with Gasteiger partial charge in [0.25, 0.3) is 0 Å². The van der Waals surface area contributed by atoms with Crippen LogP contribution in [0, 0.1) is 6.92 Å². The Labute approximate surface area is 157 Å². The Balaban J connectivity index is 0.000000527. The number of carbonyl (C=O) groups is 3. The van der Waals surface area contributed by atoms with E-state index in [-0.39, 0.29) is 29.5 Å². The molecule has 0 spiro atoms. The first-order valence-corrected chi connectivity index (χ1v) is 10.1. The Bertz CT molecular complexity index is 763. The summed E-state index contributed by atoms with van der Waals surface area (Å²) in [5.74, 6) is -3.30. The van der Waals surface area contributed by atoms with E-state index in [2.05, 4.69) is 10.6 Å². The van der Waals surface area contributed by atoms with Crippen LogP contribution in [0.15, 0.2) is 24.3 Å². The number of rotatable bonds is 5. The number of hydrogen-bond acceptors (Lipinski definition) is 6. The zero-order valence-corrected chi connectivity index (χ0v) is 16.0. The van der Waals surface area contributed by atoms with Crippen molar-refractivity contribution in [2.75, 3.05) is 16.8 Å². The molecule has 0 aromatic heterocycles. The smallest absolute Gasteiger partial charge is 0.414 e. The van der Waals surface area contributed by atoms with Gasteiger partial charge >= 0.3 is 11.9 Å². The number of aryl methyl sites for hydroxylation is 1. The minimum absolute atomic E-state index is 0.0304.